The molecule has 27 heavy (non-hydrogen) atoms. The van der Waals surface area contributed by atoms with Crippen LogP contribution in [0.1, 0.15) is 53.7 Å². The van der Waals surface area contributed by atoms with Crippen LogP contribution < -0.4 is 5.56 Å². The number of fused-ring (bicyclic) bond motifs is 4. The van der Waals surface area contributed by atoms with Crippen LogP contribution in [-0.2, 0) is 25.8 Å². The van der Waals surface area contributed by atoms with Gasteiger partial charge in [-0.3, -0.25) is 9.69 Å². The summed E-state index contributed by atoms with van der Waals surface area (Å²) in [4.78, 5) is 25.6. The Morgan fingerprint density at radius 1 is 1.26 bits per heavy atom. The molecule has 1 aromatic carbocycles. The van der Waals surface area contributed by atoms with Gasteiger partial charge in [-0.15, -0.1) is 11.3 Å². The van der Waals surface area contributed by atoms with E-state index in [2.05, 4.69) is 48.0 Å². The molecule has 0 fully saturated rings. The Kier molecular flexibility index (Phi) is 4.17. The number of rotatable bonds is 2. The van der Waals surface area contributed by atoms with Crippen LogP contribution in [0.15, 0.2) is 29.1 Å². The summed E-state index contributed by atoms with van der Waals surface area (Å²) in [6.07, 6.45) is 4.32. The Hall–Kier alpha value is -1.98. The minimum Gasteiger partial charge on any atom is -0.309 e. The lowest BCUT2D eigenvalue weighted by atomic mass is 9.89. The number of benzene rings is 1. The van der Waals surface area contributed by atoms with Crippen LogP contribution in [0.5, 0.6) is 0 Å². The molecule has 1 N–H and O–H groups in total. The molecular weight excluding hydrogens is 354 g/mol. The normalized spacial score (nSPS) is 21.0. The third kappa shape index (κ3) is 2.93. The van der Waals surface area contributed by atoms with E-state index in [1.807, 2.05) is 0 Å². The smallest absolute Gasteiger partial charge is 0.259 e. The largest absolute Gasteiger partial charge is 0.309 e. The molecule has 4 nitrogen and oxygen atoms in total. The lowest BCUT2D eigenvalue weighted by Gasteiger charge is -2.33. The van der Waals surface area contributed by atoms with E-state index in [1.54, 1.807) is 11.3 Å². The second kappa shape index (κ2) is 6.57. The van der Waals surface area contributed by atoms with Crippen LogP contribution >= 0.6 is 11.3 Å². The van der Waals surface area contributed by atoms with Gasteiger partial charge in [-0.2, -0.15) is 0 Å². The minimum atomic E-state index is 0.0475. The fourth-order valence-corrected chi connectivity index (χ4v) is 5.97. The average molecular weight is 380 g/mol. The molecule has 0 spiro atoms. The second-order valence-electron chi connectivity index (χ2n) is 8.15. The Bertz CT molecular complexity index is 1070. The van der Waals surface area contributed by atoms with Crippen molar-refractivity contribution in [2.75, 3.05) is 6.54 Å². The third-order valence-electron chi connectivity index (χ3n) is 6.29. The zero-order chi connectivity index (χ0) is 18.5. The van der Waals surface area contributed by atoms with Crippen molar-refractivity contribution in [2.24, 2.45) is 5.92 Å². The van der Waals surface area contributed by atoms with Gasteiger partial charge >= 0.3 is 0 Å². The Morgan fingerprint density at radius 2 is 2.07 bits per heavy atom. The molecule has 0 unspecified atom stereocenters. The summed E-state index contributed by atoms with van der Waals surface area (Å²) in [5.74, 6) is 1.51. The van der Waals surface area contributed by atoms with Crippen LogP contribution in [0.25, 0.3) is 10.2 Å². The van der Waals surface area contributed by atoms with E-state index in [0.29, 0.717) is 5.92 Å². The van der Waals surface area contributed by atoms with Crippen LogP contribution in [0, 0.1) is 5.92 Å². The first kappa shape index (κ1) is 17.1. The molecule has 0 saturated carbocycles. The lowest BCUT2D eigenvalue weighted by Crippen LogP contribution is -2.34. The number of aromatic amines is 1. The highest BCUT2D eigenvalue weighted by Gasteiger charge is 2.26. The summed E-state index contributed by atoms with van der Waals surface area (Å²) in [5, 5.41) is 0.849. The Labute approximate surface area is 163 Å². The number of nitrogens with one attached hydrogen (secondary N) is 1. The minimum absolute atomic E-state index is 0.0475. The zero-order valence-corrected chi connectivity index (χ0v) is 16.7. The summed E-state index contributed by atoms with van der Waals surface area (Å²) in [5.41, 5.74) is 4.14. The van der Waals surface area contributed by atoms with E-state index in [9.17, 15) is 4.79 Å². The fraction of sp³-hybridized carbons (Fsp3) is 0.455. The summed E-state index contributed by atoms with van der Waals surface area (Å²) in [6, 6.07) is 8.76. The van der Waals surface area contributed by atoms with E-state index in [-0.39, 0.29) is 11.6 Å². The van der Waals surface area contributed by atoms with Gasteiger partial charge in [0.2, 0.25) is 0 Å². The first-order chi connectivity index (χ1) is 13.1. The predicted molar refractivity (Wildman–Crippen MR) is 110 cm³/mol. The molecule has 0 saturated heterocycles. The number of aryl methyl sites for hydroxylation is 1. The molecule has 0 amide bonds. The van der Waals surface area contributed by atoms with Crippen molar-refractivity contribution in [1.29, 1.82) is 0 Å². The van der Waals surface area contributed by atoms with Gasteiger partial charge in [0.15, 0.2) is 0 Å². The van der Waals surface area contributed by atoms with Gasteiger partial charge < -0.3 is 4.98 Å². The van der Waals surface area contributed by atoms with E-state index in [0.717, 1.165) is 48.4 Å². The topological polar surface area (TPSA) is 49.0 Å². The average Bonchev–Trinajstić information content (AvgIpc) is 3.04. The molecule has 2 atom stereocenters. The summed E-state index contributed by atoms with van der Waals surface area (Å²) < 4.78 is 0. The molecule has 0 radical (unpaired) electrons. The molecule has 5 rings (SSSR count). The monoisotopic (exact) mass is 379 g/mol. The first-order valence-corrected chi connectivity index (χ1v) is 10.8. The number of H-pyrrole nitrogens is 1. The number of hydrogen-bond donors (Lipinski definition) is 1. The van der Waals surface area contributed by atoms with Crippen LogP contribution in [0.4, 0.5) is 0 Å². The van der Waals surface area contributed by atoms with Gasteiger partial charge in [0, 0.05) is 18.0 Å². The quantitative estimate of drug-likeness (QED) is 0.725. The van der Waals surface area contributed by atoms with Crippen LogP contribution in [0.3, 0.4) is 0 Å². The maximum Gasteiger partial charge on any atom is 0.259 e. The maximum atomic E-state index is 12.9. The Morgan fingerprint density at radius 3 is 2.93 bits per heavy atom. The van der Waals surface area contributed by atoms with Crippen LogP contribution in [-0.4, -0.2) is 21.4 Å². The number of aromatic nitrogens is 2. The van der Waals surface area contributed by atoms with Gasteiger partial charge in [0.25, 0.3) is 5.56 Å². The van der Waals surface area contributed by atoms with E-state index in [1.165, 1.54) is 28.0 Å². The molecule has 1 aliphatic carbocycles. The summed E-state index contributed by atoms with van der Waals surface area (Å²) >= 11 is 1.73. The molecule has 140 valence electrons. The molecular formula is C22H25N3OS. The summed E-state index contributed by atoms with van der Waals surface area (Å²) in [6.45, 7) is 6.37. The predicted octanol–water partition coefficient (Wildman–Crippen LogP) is 4.23. The molecule has 3 aromatic rings. The molecule has 1 aliphatic heterocycles. The van der Waals surface area contributed by atoms with Crippen molar-refractivity contribution < 1.29 is 0 Å². The first-order valence-electron chi connectivity index (χ1n) is 9.95. The summed E-state index contributed by atoms with van der Waals surface area (Å²) in [7, 11) is 0. The second-order valence-corrected chi connectivity index (χ2v) is 9.23. The number of thiophene rings is 1. The highest BCUT2D eigenvalue weighted by Crippen LogP contribution is 2.36. The van der Waals surface area contributed by atoms with Gasteiger partial charge in [0.1, 0.15) is 10.7 Å². The molecule has 2 aliphatic rings. The molecule has 0 bridgehead atoms. The maximum absolute atomic E-state index is 12.9. The molecule has 3 heterocycles. The van der Waals surface area contributed by atoms with E-state index in [4.69, 9.17) is 4.98 Å². The van der Waals surface area contributed by atoms with Gasteiger partial charge in [0.05, 0.1) is 11.4 Å². The lowest BCUT2D eigenvalue weighted by molar-refractivity contribution is 0.185. The van der Waals surface area contributed by atoms with Crippen molar-refractivity contribution in [2.45, 2.75) is 52.1 Å². The standard InChI is InChI=1S/C22H25N3OS/c1-13-7-8-17-18(11-13)27-22-19(17)21(26)23-20(24-22)14(2)25-10-9-15-5-3-4-6-16(15)12-25/h3-6,13-14H,7-12H2,1-2H3,(H,23,24,26)/t13-,14-/m0/s1. The molecule has 5 heteroatoms. The highest BCUT2D eigenvalue weighted by atomic mass is 32.1. The van der Waals surface area contributed by atoms with Crippen molar-refractivity contribution in [3.8, 4) is 0 Å². The van der Waals surface area contributed by atoms with E-state index >= 15 is 0 Å². The van der Waals surface area contributed by atoms with E-state index < -0.39 is 0 Å². The zero-order valence-electron chi connectivity index (χ0n) is 15.9. The number of hydrogen-bond acceptors (Lipinski definition) is 4. The van der Waals surface area contributed by atoms with Crippen molar-refractivity contribution in [3.05, 3.63) is 62.0 Å². The molecule has 2 aromatic heterocycles. The van der Waals surface area contributed by atoms with Crippen molar-refractivity contribution >= 4 is 21.6 Å². The number of nitrogens with zero attached hydrogens (tertiary/aromatic N) is 2. The van der Waals surface area contributed by atoms with Gasteiger partial charge in [-0.05, 0) is 55.2 Å². The van der Waals surface area contributed by atoms with Gasteiger partial charge in [-0.1, -0.05) is 31.2 Å². The SMILES string of the molecule is C[C@H]1CCc2c(sc3nc([C@H](C)N4CCc5ccccc5C4)[nH]c(=O)c23)C1. The third-order valence-corrected chi connectivity index (χ3v) is 7.44. The highest BCUT2D eigenvalue weighted by molar-refractivity contribution is 7.18. The Balaban J connectivity index is 1.49. The van der Waals surface area contributed by atoms with Gasteiger partial charge in [-0.25, -0.2) is 4.98 Å². The fourth-order valence-electron chi connectivity index (χ4n) is 4.58. The van der Waals surface area contributed by atoms with Crippen LogP contribution in [0.2, 0.25) is 0 Å². The van der Waals surface area contributed by atoms with Crippen molar-refractivity contribution in [1.82, 2.24) is 14.9 Å². The van der Waals surface area contributed by atoms with Crippen molar-refractivity contribution in [3.63, 3.8) is 0 Å².